The molecule has 2 bridgehead atoms. The second kappa shape index (κ2) is 6.35. The van der Waals surface area contributed by atoms with E-state index in [-0.39, 0.29) is 24.2 Å². The molecular formula is C18H24N6O2. The highest BCUT2D eigenvalue weighted by Gasteiger charge is 2.50. The normalized spacial score (nSPS) is 24.0. The van der Waals surface area contributed by atoms with Gasteiger partial charge in [-0.3, -0.25) is 9.80 Å². The zero-order valence-corrected chi connectivity index (χ0v) is 15.3. The van der Waals surface area contributed by atoms with Crippen LogP contribution in [-0.4, -0.2) is 67.3 Å². The molecule has 1 aromatic heterocycles. The van der Waals surface area contributed by atoms with Crippen LogP contribution in [0.25, 0.3) is 0 Å². The zero-order chi connectivity index (χ0) is 18.3. The number of nitrogens with zero attached hydrogens (tertiary/aromatic N) is 5. The molecule has 3 unspecified atom stereocenters. The van der Waals surface area contributed by atoms with Crippen molar-refractivity contribution in [3.8, 4) is 0 Å². The van der Waals surface area contributed by atoms with Crippen LogP contribution in [0.1, 0.15) is 44.6 Å². The number of tetrazole rings is 1. The Bertz CT molecular complexity index is 746. The minimum absolute atomic E-state index is 0.0685. The van der Waals surface area contributed by atoms with Gasteiger partial charge in [0.2, 0.25) is 0 Å². The number of aromatic nitrogens is 4. The van der Waals surface area contributed by atoms with Gasteiger partial charge in [0.1, 0.15) is 5.60 Å². The molecule has 8 nitrogen and oxygen atoms in total. The summed E-state index contributed by atoms with van der Waals surface area (Å²) < 4.78 is 5.56. The summed E-state index contributed by atoms with van der Waals surface area (Å²) in [6.45, 7) is 7.23. The SMILES string of the molecule is CC(C)(C)OC(=O)N1C2CC1CN(C(c1ccccc1)c1nn[nH]n1)C2. The average Bonchev–Trinajstić information content (AvgIpc) is 3.08. The second-order valence-corrected chi connectivity index (χ2v) is 7.97. The fraction of sp³-hybridized carbons (Fsp3) is 0.556. The summed E-state index contributed by atoms with van der Waals surface area (Å²) in [6, 6.07) is 10.4. The van der Waals surface area contributed by atoms with Gasteiger partial charge in [0.15, 0.2) is 5.82 Å². The number of rotatable bonds is 3. The lowest BCUT2D eigenvalue weighted by Crippen LogP contribution is -2.70. The average molecular weight is 356 g/mol. The Morgan fingerprint density at radius 2 is 1.92 bits per heavy atom. The summed E-state index contributed by atoms with van der Waals surface area (Å²) >= 11 is 0. The van der Waals surface area contributed by atoms with E-state index in [0.29, 0.717) is 5.82 Å². The first-order chi connectivity index (χ1) is 12.4. The molecule has 26 heavy (non-hydrogen) atoms. The molecule has 3 aliphatic heterocycles. The Kier molecular flexibility index (Phi) is 4.14. The summed E-state index contributed by atoms with van der Waals surface area (Å²) in [7, 11) is 0. The summed E-state index contributed by atoms with van der Waals surface area (Å²) in [5.74, 6) is 0.654. The molecule has 0 radical (unpaired) electrons. The number of hydrogen-bond donors (Lipinski definition) is 1. The lowest BCUT2D eigenvalue weighted by molar-refractivity contribution is -0.0833. The first-order valence-corrected chi connectivity index (χ1v) is 8.96. The summed E-state index contributed by atoms with van der Waals surface area (Å²) in [5, 5.41) is 14.7. The van der Waals surface area contributed by atoms with Crippen molar-refractivity contribution >= 4 is 6.09 Å². The molecule has 3 atom stereocenters. The van der Waals surface area contributed by atoms with E-state index in [9.17, 15) is 4.79 Å². The maximum Gasteiger partial charge on any atom is 0.410 e. The smallest absolute Gasteiger partial charge is 0.410 e. The molecule has 138 valence electrons. The number of aromatic amines is 1. The molecule has 0 aliphatic carbocycles. The van der Waals surface area contributed by atoms with Gasteiger partial charge in [-0.2, -0.15) is 5.21 Å². The molecule has 3 saturated heterocycles. The van der Waals surface area contributed by atoms with E-state index in [0.717, 1.165) is 25.1 Å². The lowest BCUT2D eigenvalue weighted by Gasteiger charge is -2.56. The topological polar surface area (TPSA) is 87.2 Å². The monoisotopic (exact) mass is 356 g/mol. The highest BCUT2D eigenvalue weighted by atomic mass is 16.6. The van der Waals surface area contributed by atoms with Crippen molar-refractivity contribution < 1.29 is 9.53 Å². The summed E-state index contributed by atoms with van der Waals surface area (Å²) in [6.07, 6.45) is 0.804. The Morgan fingerprint density at radius 1 is 1.23 bits per heavy atom. The van der Waals surface area contributed by atoms with E-state index < -0.39 is 5.60 Å². The maximum absolute atomic E-state index is 12.5. The number of piperazine rings is 1. The van der Waals surface area contributed by atoms with Crippen LogP contribution >= 0.6 is 0 Å². The van der Waals surface area contributed by atoms with Crippen molar-refractivity contribution in [2.75, 3.05) is 13.1 Å². The van der Waals surface area contributed by atoms with Crippen LogP contribution in [0.15, 0.2) is 30.3 Å². The third-order valence-electron chi connectivity index (χ3n) is 4.91. The van der Waals surface area contributed by atoms with Crippen LogP contribution in [0, 0.1) is 0 Å². The number of carbonyl (C=O) groups excluding carboxylic acids is 1. The molecule has 1 aromatic carbocycles. The van der Waals surface area contributed by atoms with Gasteiger partial charge in [0.25, 0.3) is 0 Å². The third kappa shape index (κ3) is 3.16. The van der Waals surface area contributed by atoms with Crippen LogP contribution in [0.3, 0.4) is 0 Å². The second-order valence-electron chi connectivity index (χ2n) is 7.97. The van der Waals surface area contributed by atoms with Gasteiger partial charge in [-0.25, -0.2) is 4.79 Å². The number of carbonyl (C=O) groups is 1. The molecule has 3 aliphatic rings. The van der Waals surface area contributed by atoms with E-state index in [2.05, 4.69) is 37.7 Å². The van der Waals surface area contributed by atoms with Crippen LogP contribution in [0.2, 0.25) is 0 Å². The molecular weight excluding hydrogens is 332 g/mol. The van der Waals surface area contributed by atoms with E-state index >= 15 is 0 Å². The Hall–Kier alpha value is -2.48. The molecule has 8 heteroatoms. The Morgan fingerprint density at radius 3 is 2.50 bits per heavy atom. The first-order valence-electron chi connectivity index (χ1n) is 8.96. The van der Waals surface area contributed by atoms with Crippen molar-refractivity contribution in [2.45, 2.75) is 50.9 Å². The van der Waals surface area contributed by atoms with Gasteiger partial charge >= 0.3 is 6.09 Å². The standard InChI is InChI=1S/C18H24N6O2/c1-18(2,3)26-17(25)24-13-9-14(24)11-23(10-13)15(16-19-21-22-20-16)12-7-5-4-6-8-12/h4-8,13-15H,9-11H2,1-3H3,(H,19,20,21,22). The minimum Gasteiger partial charge on any atom is -0.444 e. The quantitative estimate of drug-likeness (QED) is 0.905. The van der Waals surface area contributed by atoms with Crippen LogP contribution < -0.4 is 0 Å². The van der Waals surface area contributed by atoms with Crippen molar-refractivity contribution in [2.24, 2.45) is 0 Å². The van der Waals surface area contributed by atoms with Crippen molar-refractivity contribution in [3.63, 3.8) is 0 Å². The van der Waals surface area contributed by atoms with Gasteiger partial charge in [-0.15, -0.1) is 10.2 Å². The Balaban J connectivity index is 1.52. The molecule has 1 N–H and O–H groups in total. The molecule has 3 fully saturated rings. The first kappa shape index (κ1) is 17.0. The molecule has 2 aromatic rings. The van der Waals surface area contributed by atoms with Crippen molar-refractivity contribution in [3.05, 3.63) is 41.7 Å². The highest BCUT2D eigenvalue weighted by Crippen LogP contribution is 2.38. The summed E-state index contributed by atoms with van der Waals surface area (Å²) in [4.78, 5) is 16.7. The van der Waals surface area contributed by atoms with Crippen LogP contribution in [0.4, 0.5) is 4.79 Å². The number of H-pyrrole nitrogens is 1. The fourth-order valence-electron chi connectivity index (χ4n) is 3.91. The predicted octanol–water partition coefficient (Wildman–Crippen LogP) is 1.98. The van der Waals surface area contributed by atoms with Crippen LogP contribution in [0.5, 0.6) is 0 Å². The number of nitrogens with one attached hydrogen (secondary N) is 1. The molecule has 4 heterocycles. The number of fused-ring (bicyclic) bond motifs is 2. The molecule has 0 saturated carbocycles. The number of hydrogen-bond acceptors (Lipinski definition) is 6. The van der Waals surface area contributed by atoms with Gasteiger partial charge in [0.05, 0.1) is 18.1 Å². The third-order valence-corrected chi connectivity index (χ3v) is 4.91. The lowest BCUT2D eigenvalue weighted by atomic mass is 9.86. The van der Waals surface area contributed by atoms with E-state index in [1.54, 1.807) is 0 Å². The van der Waals surface area contributed by atoms with Gasteiger partial charge < -0.3 is 4.74 Å². The molecule has 5 rings (SSSR count). The number of amides is 1. The van der Waals surface area contributed by atoms with Crippen LogP contribution in [-0.2, 0) is 4.74 Å². The van der Waals surface area contributed by atoms with Crippen molar-refractivity contribution in [1.82, 2.24) is 30.4 Å². The van der Waals surface area contributed by atoms with Crippen molar-refractivity contribution in [1.29, 1.82) is 0 Å². The van der Waals surface area contributed by atoms with E-state index in [4.69, 9.17) is 4.74 Å². The highest BCUT2D eigenvalue weighted by molar-refractivity contribution is 5.70. The Labute approximate surface area is 152 Å². The fourth-order valence-corrected chi connectivity index (χ4v) is 3.91. The van der Waals surface area contributed by atoms with Gasteiger partial charge in [-0.1, -0.05) is 35.5 Å². The predicted molar refractivity (Wildman–Crippen MR) is 94.3 cm³/mol. The minimum atomic E-state index is -0.474. The van der Waals surface area contributed by atoms with E-state index in [1.165, 1.54) is 0 Å². The molecule has 1 amide bonds. The van der Waals surface area contributed by atoms with E-state index in [1.807, 2.05) is 43.9 Å². The largest absolute Gasteiger partial charge is 0.444 e. The van der Waals surface area contributed by atoms with Gasteiger partial charge in [0, 0.05) is 13.1 Å². The van der Waals surface area contributed by atoms with Gasteiger partial charge in [-0.05, 0) is 32.8 Å². The number of benzene rings is 1. The maximum atomic E-state index is 12.5. The zero-order valence-electron chi connectivity index (χ0n) is 15.3. The number of piperidine rings is 1. The molecule has 0 spiro atoms. The summed E-state index contributed by atoms with van der Waals surface area (Å²) in [5.41, 5.74) is 0.650. The number of ether oxygens (including phenoxy) is 1.